The third-order valence-corrected chi connectivity index (χ3v) is 6.11. The number of anilines is 1. The van der Waals surface area contributed by atoms with Crippen molar-refractivity contribution in [1.29, 1.82) is 0 Å². The number of hydrogen-bond acceptors (Lipinski definition) is 7. The van der Waals surface area contributed by atoms with Crippen LogP contribution in [-0.2, 0) is 10.9 Å². The smallest absolute Gasteiger partial charge is 0.435 e. The Labute approximate surface area is 211 Å². The highest BCUT2D eigenvalue weighted by Gasteiger charge is 2.37. The second-order valence-corrected chi connectivity index (χ2v) is 8.87. The number of ether oxygens (including phenoxy) is 2. The number of pyridine rings is 1. The molecular weight excluding hydrogens is 489 g/mol. The first-order valence-corrected chi connectivity index (χ1v) is 11.8. The summed E-state index contributed by atoms with van der Waals surface area (Å²) in [5, 5.41) is 18.1. The molecule has 1 aliphatic rings. The Bertz CT molecular complexity index is 1270. The van der Waals surface area contributed by atoms with E-state index in [1.807, 2.05) is 19.9 Å². The van der Waals surface area contributed by atoms with Crippen LogP contribution in [0.3, 0.4) is 0 Å². The lowest BCUT2D eigenvalue weighted by molar-refractivity contribution is -0.142. The van der Waals surface area contributed by atoms with Gasteiger partial charge in [0.2, 0.25) is 5.88 Å². The average molecular weight is 517 g/mol. The minimum Gasteiger partial charge on any atom is -0.475 e. The number of carbonyl (C=O) groups is 1. The normalized spacial score (nSPS) is 17.9. The summed E-state index contributed by atoms with van der Waals surface area (Å²) in [5.74, 6) is -0.439. The van der Waals surface area contributed by atoms with Gasteiger partial charge in [0.05, 0.1) is 24.5 Å². The standard InChI is InChI=1S/C26H27F3N4O4/c1-15-3-4-19(31-25(35)20-5-7-30-33-24(20)26(27,28)29)14-21(15)18-12-22(17-6-9-36-16(2)11-17)32-23(13-18)37-10-8-34/h3-5,7,12-14,16-17,34H,6,8-11H2,1-2H3,(H,31,35). The summed E-state index contributed by atoms with van der Waals surface area (Å²) >= 11 is 0. The first kappa shape index (κ1) is 26.5. The number of hydrogen-bond donors (Lipinski definition) is 2. The summed E-state index contributed by atoms with van der Waals surface area (Å²) in [6.07, 6.45) is -2.09. The molecule has 1 fully saturated rings. The van der Waals surface area contributed by atoms with Gasteiger partial charge in [-0.2, -0.15) is 18.3 Å². The number of amides is 1. The molecule has 1 amide bonds. The second kappa shape index (κ2) is 11.2. The van der Waals surface area contributed by atoms with Gasteiger partial charge in [0.1, 0.15) is 6.61 Å². The van der Waals surface area contributed by atoms with Crippen molar-refractivity contribution in [2.45, 2.75) is 44.9 Å². The first-order chi connectivity index (χ1) is 17.7. The molecule has 0 spiro atoms. The van der Waals surface area contributed by atoms with E-state index in [0.29, 0.717) is 18.2 Å². The summed E-state index contributed by atoms with van der Waals surface area (Å²) in [4.78, 5) is 17.4. The molecule has 2 aromatic heterocycles. The largest absolute Gasteiger partial charge is 0.475 e. The highest BCUT2D eigenvalue weighted by molar-refractivity contribution is 6.05. The van der Waals surface area contributed by atoms with Gasteiger partial charge < -0.3 is 19.9 Å². The Morgan fingerprint density at radius 2 is 2.05 bits per heavy atom. The third kappa shape index (κ3) is 6.41. The van der Waals surface area contributed by atoms with Crippen molar-refractivity contribution in [3.05, 3.63) is 65.1 Å². The van der Waals surface area contributed by atoms with Gasteiger partial charge >= 0.3 is 6.18 Å². The molecule has 2 N–H and O–H groups in total. The van der Waals surface area contributed by atoms with Crippen molar-refractivity contribution >= 4 is 11.6 Å². The molecule has 0 saturated carbocycles. The molecule has 2 unspecified atom stereocenters. The molecule has 196 valence electrons. The van der Waals surface area contributed by atoms with E-state index in [4.69, 9.17) is 9.47 Å². The van der Waals surface area contributed by atoms with Crippen LogP contribution < -0.4 is 10.1 Å². The van der Waals surface area contributed by atoms with Gasteiger partial charge in [0.15, 0.2) is 5.69 Å². The van der Waals surface area contributed by atoms with Gasteiger partial charge in [-0.3, -0.25) is 4.79 Å². The van der Waals surface area contributed by atoms with E-state index >= 15 is 0 Å². The van der Waals surface area contributed by atoms with Crippen LogP contribution in [0.2, 0.25) is 0 Å². The monoisotopic (exact) mass is 516 g/mol. The minimum atomic E-state index is -4.82. The van der Waals surface area contributed by atoms with Crippen molar-refractivity contribution in [1.82, 2.24) is 15.2 Å². The van der Waals surface area contributed by atoms with Crippen LogP contribution in [-0.4, -0.2) is 52.1 Å². The molecule has 3 heterocycles. The Balaban J connectivity index is 1.68. The maximum absolute atomic E-state index is 13.3. The van der Waals surface area contributed by atoms with Crippen LogP contribution in [0.1, 0.15) is 53.0 Å². The van der Waals surface area contributed by atoms with E-state index in [-0.39, 0.29) is 25.2 Å². The summed E-state index contributed by atoms with van der Waals surface area (Å²) in [5.41, 5.74) is 1.56. The van der Waals surface area contributed by atoms with Crippen LogP contribution in [0.25, 0.3) is 11.1 Å². The number of carbonyl (C=O) groups excluding carboxylic acids is 1. The Morgan fingerprint density at radius 3 is 2.78 bits per heavy atom. The molecule has 4 rings (SSSR count). The van der Waals surface area contributed by atoms with Crippen molar-refractivity contribution in [2.75, 3.05) is 25.1 Å². The SMILES string of the molecule is Cc1ccc(NC(=O)c2ccnnc2C(F)(F)F)cc1-c1cc(OCCO)nc(C2CCOC(C)C2)c1. The minimum absolute atomic E-state index is 0.0800. The van der Waals surface area contributed by atoms with Crippen LogP contribution in [0, 0.1) is 6.92 Å². The summed E-state index contributed by atoms with van der Waals surface area (Å²) in [7, 11) is 0. The van der Waals surface area contributed by atoms with E-state index in [1.54, 1.807) is 24.3 Å². The number of alkyl halides is 3. The van der Waals surface area contributed by atoms with Gasteiger partial charge in [0, 0.05) is 30.0 Å². The number of aliphatic hydroxyl groups is 1. The topological polar surface area (TPSA) is 106 Å². The van der Waals surface area contributed by atoms with Gasteiger partial charge in [-0.05, 0) is 67.6 Å². The molecule has 11 heteroatoms. The highest BCUT2D eigenvalue weighted by atomic mass is 19.4. The average Bonchev–Trinajstić information content (AvgIpc) is 2.88. The van der Waals surface area contributed by atoms with E-state index in [2.05, 4.69) is 20.5 Å². The van der Waals surface area contributed by atoms with Crippen LogP contribution in [0.15, 0.2) is 42.6 Å². The lowest BCUT2D eigenvalue weighted by Crippen LogP contribution is -2.22. The zero-order valence-corrected chi connectivity index (χ0v) is 20.4. The van der Waals surface area contributed by atoms with Gasteiger partial charge in [0.25, 0.3) is 5.91 Å². The molecule has 37 heavy (non-hydrogen) atoms. The molecule has 1 aliphatic heterocycles. The number of benzene rings is 1. The summed E-state index contributed by atoms with van der Waals surface area (Å²) in [6.45, 7) is 4.43. The molecule has 1 saturated heterocycles. The number of aliphatic hydroxyl groups excluding tert-OH is 1. The van der Waals surface area contributed by atoms with Crippen molar-refractivity contribution in [2.24, 2.45) is 0 Å². The van der Waals surface area contributed by atoms with Crippen LogP contribution in [0.5, 0.6) is 5.88 Å². The summed E-state index contributed by atoms with van der Waals surface area (Å²) < 4.78 is 51.2. The number of aromatic nitrogens is 3. The summed E-state index contributed by atoms with van der Waals surface area (Å²) in [6, 6.07) is 9.75. The molecule has 8 nitrogen and oxygen atoms in total. The first-order valence-electron chi connectivity index (χ1n) is 11.8. The maximum atomic E-state index is 13.3. The lowest BCUT2D eigenvalue weighted by Gasteiger charge is -2.27. The van der Waals surface area contributed by atoms with E-state index in [1.165, 1.54) is 0 Å². The Kier molecular flexibility index (Phi) is 8.03. The van der Waals surface area contributed by atoms with Gasteiger partial charge in [-0.1, -0.05) is 6.07 Å². The van der Waals surface area contributed by atoms with Crippen LogP contribution >= 0.6 is 0 Å². The highest BCUT2D eigenvalue weighted by Crippen LogP contribution is 2.35. The van der Waals surface area contributed by atoms with E-state index in [0.717, 1.165) is 47.5 Å². The van der Waals surface area contributed by atoms with Crippen molar-refractivity contribution < 1.29 is 32.5 Å². The number of nitrogens with one attached hydrogen (secondary N) is 1. The number of halogens is 3. The molecule has 1 aromatic carbocycles. The third-order valence-electron chi connectivity index (χ3n) is 6.11. The molecule has 2 atom stereocenters. The number of nitrogens with zero attached hydrogens (tertiary/aromatic N) is 3. The Morgan fingerprint density at radius 1 is 1.24 bits per heavy atom. The fraction of sp³-hybridized carbons (Fsp3) is 0.385. The fourth-order valence-electron chi connectivity index (χ4n) is 4.31. The predicted octanol–water partition coefficient (Wildman–Crippen LogP) is 4.77. The van der Waals surface area contributed by atoms with Crippen molar-refractivity contribution in [3.8, 4) is 17.0 Å². The lowest BCUT2D eigenvalue weighted by atomic mass is 9.90. The molecule has 0 bridgehead atoms. The number of aryl methyl sites for hydroxylation is 1. The maximum Gasteiger partial charge on any atom is 0.435 e. The van der Waals surface area contributed by atoms with Gasteiger partial charge in [-0.15, -0.1) is 5.10 Å². The predicted molar refractivity (Wildman–Crippen MR) is 129 cm³/mol. The second-order valence-electron chi connectivity index (χ2n) is 8.87. The number of rotatable bonds is 7. The zero-order valence-electron chi connectivity index (χ0n) is 20.4. The van der Waals surface area contributed by atoms with E-state index in [9.17, 15) is 23.1 Å². The fourth-order valence-corrected chi connectivity index (χ4v) is 4.31. The molecule has 0 radical (unpaired) electrons. The zero-order chi connectivity index (χ0) is 26.6. The Hall–Kier alpha value is -3.57. The van der Waals surface area contributed by atoms with Gasteiger partial charge in [-0.25, -0.2) is 4.98 Å². The van der Waals surface area contributed by atoms with Crippen molar-refractivity contribution in [3.63, 3.8) is 0 Å². The van der Waals surface area contributed by atoms with Crippen LogP contribution in [0.4, 0.5) is 18.9 Å². The van der Waals surface area contributed by atoms with E-state index < -0.39 is 23.3 Å². The molecule has 0 aliphatic carbocycles. The quantitative estimate of drug-likeness (QED) is 0.466. The molecule has 3 aromatic rings. The molecular formula is C26H27F3N4O4.